The highest BCUT2D eigenvalue weighted by Gasteiger charge is 2.22. The minimum absolute atomic E-state index is 0.0428. The van der Waals surface area contributed by atoms with Gasteiger partial charge in [0, 0.05) is 35.1 Å². The van der Waals surface area contributed by atoms with E-state index < -0.39 is 0 Å². The van der Waals surface area contributed by atoms with Crippen LogP contribution >= 0.6 is 0 Å². The third-order valence-corrected chi connectivity index (χ3v) is 4.04. The number of methoxy groups -OCH3 is 2. The molecule has 1 atom stereocenters. The molecule has 4 heteroatoms. The molecule has 0 aliphatic carbocycles. The summed E-state index contributed by atoms with van der Waals surface area (Å²) in [6.45, 7) is 0.491. The van der Waals surface area contributed by atoms with Crippen molar-refractivity contribution < 1.29 is 9.47 Å². The van der Waals surface area contributed by atoms with Crippen molar-refractivity contribution in [3.63, 3.8) is 0 Å². The van der Waals surface area contributed by atoms with Crippen molar-refractivity contribution in [2.24, 2.45) is 5.73 Å². The summed E-state index contributed by atoms with van der Waals surface area (Å²) in [6, 6.07) is 14.1. The maximum atomic E-state index is 6.09. The molecule has 0 saturated heterocycles. The lowest BCUT2D eigenvalue weighted by atomic mass is 9.90. The SMILES string of the molecule is COc1cccc(C(CN)c2c[nH]c3ccccc23)c1OC. The van der Waals surface area contributed by atoms with Gasteiger partial charge in [-0.2, -0.15) is 0 Å². The number of nitrogens with two attached hydrogens (primary N) is 1. The molecule has 3 aromatic rings. The second-order valence-corrected chi connectivity index (χ2v) is 5.16. The van der Waals surface area contributed by atoms with Gasteiger partial charge in [-0.25, -0.2) is 0 Å². The van der Waals surface area contributed by atoms with Gasteiger partial charge in [-0.05, 0) is 17.7 Å². The molecule has 4 nitrogen and oxygen atoms in total. The van der Waals surface area contributed by atoms with Crippen molar-refractivity contribution in [3.8, 4) is 11.5 Å². The van der Waals surface area contributed by atoms with Crippen LogP contribution in [0.1, 0.15) is 17.0 Å². The number of nitrogens with one attached hydrogen (secondary N) is 1. The Balaban J connectivity index is 2.16. The lowest BCUT2D eigenvalue weighted by molar-refractivity contribution is 0.350. The van der Waals surface area contributed by atoms with Crippen molar-refractivity contribution in [2.75, 3.05) is 20.8 Å². The quantitative estimate of drug-likeness (QED) is 0.759. The molecule has 0 bridgehead atoms. The normalized spacial score (nSPS) is 12.3. The molecule has 1 heterocycles. The number of benzene rings is 2. The molecular formula is C18H20N2O2. The third kappa shape index (κ3) is 2.31. The summed E-state index contributed by atoms with van der Waals surface area (Å²) in [7, 11) is 3.30. The zero-order chi connectivity index (χ0) is 15.5. The topological polar surface area (TPSA) is 60.3 Å². The van der Waals surface area contributed by atoms with Crippen LogP contribution < -0.4 is 15.2 Å². The molecule has 0 aliphatic heterocycles. The first-order valence-electron chi connectivity index (χ1n) is 7.27. The first-order valence-corrected chi connectivity index (χ1v) is 7.27. The summed E-state index contributed by atoms with van der Waals surface area (Å²) in [5, 5.41) is 1.18. The molecule has 1 unspecified atom stereocenters. The van der Waals surface area contributed by atoms with Gasteiger partial charge < -0.3 is 20.2 Å². The summed E-state index contributed by atoms with van der Waals surface area (Å²) >= 11 is 0. The highest BCUT2D eigenvalue weighted by Crippen LogP contribution is 2.39. The molecular weight excluding hydrogens is 276 g/mol. The van der Waals surface area contributed by atoms with Crippen molar-refractivity contribution >= 4 is 10.9 Å². The van der Waals surface area contributed by atoms with E-state index in [1.807, 2.05) is 36.5 Å². The van der Waals surface area contributed by atoms with Crippen molar-refractivity contribution in [1.82, 2.24) is 4.98 Å². The van der Waals surface area contributed by atoms with E-state index in [4.69, 9.17) is 15.2 Å². The summed E-state index contributed by atoms with van der Waals surface area (Å²) in [5.41, 5.74) is 9.41. The van der Waals surface area contributed by atoms with E-state index in [2.05, 4.69) is 17.1 Å². The molecule has 0 saturated carbocycles. The lowest BCUT2D eigenvalue weighted by Crippen LogP contribution is -2.14. The second kappa shape index (κ2) is 6.12. The van der Waals surface area contributed by atoms with Crippen molar-refractivity contribution in [2.45, 2.75) is 5.92 Å². The van der Waals surface area contributed by atoms with E-state index in [0.717, 1.165) is 22.6 Å². The average Bonchev–Trinajstić information content (AvgIpc) is 2.99. The number of H-pyrrole nitrogens is 1. The zero-order valence-electron chi connectivity index (χ0n) is 12.8. The van der Waals surface area contributed by atoms with Crippen LogP contribution in [0.3, 0.4) is 0 Å². The van der Waals surface area contributed by atoms with Gasteiger partial charge in [-0.3, -0.25) is 0 Å². The highest BCUT2D eigenvalue weighted by molar-refractivity contribution is 5.84. The molecule has 0 aliphatic rings. The number of rotatable bonds is 5. The number of aromatic nitrogens is 1. The number of hydrogen-bond acceptors (Lipinski definition) is 3. The van der Waals surface area contributed by atoms with Gasteiger partial charge in [-0.1, -0.05) is 30.3 Å². The number of aromatic amines is 1. The molecule has 114 valence electrons. The van der Waals surface area contributed by atoms with E-state index in [1.165, 1.54) is 10.9 Å². The van der Waals surface area contributed by atoms with Crippen molar-refractivity contribution in [3.05, 3.63) is 59.8 Å². The second-order valence-electron chi connectivity index (χ2n) is 5.16. The first-order chi connectivity index (χ1) is 10.8. The van der Waals surface area contributed by atoms with E-state index in [0.29, 0.717) is 6.54 Å². The summed E-state index contributed by atoms with van der Waals surface area (Å²) in [4.78, 5) is 3.31. The van der Waals surface area contributed by atoms with Crippen LogP contribution in [0.4, 0.5) is 0 Å². The Morgan fingerprint density at radius 1 is 1.00 bits per heavy atom. The van der Waals surface area contributed by atoms with Gasteiger partial charge in [0.2, 0.25) is 0 Å². The van der Waals surface area contributed by atoms with E-state index in [1.54, 1.807) is 14.2 Å². The minimum Gasteiger partial charge on any atom is -0.493 e. The predicted octanol–water partition coefficient (Wildman–Crippen LogP) is 3.28. The Bertz CT molecular complexity index is 780. The molecule has 22 heavy (non-hydrogen) atoms. The van der Waals surface area contributed by atoms with E-state index >= 15 is 0 Å². The van der Waals surface area contributed by atoms with Crippen LogP contribution in [0.2, 0.25) is 0 Å². The van der Waals surface area contributed by atoms with Crippen LogP contribution in [0, 0.1) is 0 Å². The van der Waals surface area contributed by atoms with E-state index in [9.17, 15) is 0 Å². The number of hydrogen-bond donors (Lipinski definition) is 2. The molecule has 0 radical (unpaired) electrons. The molecule has 3 rings (SSSR count). The summed E-state index contributed by atoms with van der Waals surface area (Å²) in [6.07, 6.45) is 2.03. The molecule has 3 N–H and O–H groups in total. The standard InChI is InChI=1S/C18H20N2O2/c1-21-17-9-5-7-13(18(17)22-2)14(10-19)15-11-20-16-8-4-3-6-12(15)16/h3-9,11,14,20H,10,19H2,1-2H3. The van der Waals surface area contributed by atoms with Crippen molar-refractivity contribution in [1.29, 1.82) is 0 Å². The van der Waals surface area contributed by atoms with Crippen LogP contribution in [0.25, 0.3) is 10.9 Å². The molecule has 0 fully saturated rings. The molecule has 0 amide bonds. The third-order valence-electron chi connectivity index (χ3n) is 4.04. The maximum absolute atomic E-state index is 6.09. The Morgan fingerprint density at radius 3 is 2.55 bits per heavy atom. The monoisotopic (exact) mass is 296 g/mol. The molecule has 0 spiro atoms. The van der Waals surface area contributed by atoms with Gasteiger partial charge in [0.05, 0.1) is 14.2 Å². The largest absolute Gasteiger partial charge is 0.493 e. The highest BCUT2D eigenvalue weighted by atomic mass is 16.5. The molecule has 1 aromatic heterocycles. The zero-order valence-corrected chi connectivity index (χ0v) is 12.8. The van der Waals surface area contributed by atoms with Crippen LogP contribution in [-0.4, -0.2) is 25.7 Å². The van der Waals surface area contributed by atoms with Gasteiger partial charge in [0.1, 0.15) is 0 Å². The van der Waals surface area contributed by atoms with Crippen LogP contribution in [0.15, 0.2) is 48.7 Å². The Labute approximate surface area is 129 Å². The smallest absolute Gasteiger partial charge is 0.164 e. The Morgan fingerprint density at radius 2 is 1.82 bits per heavy atom. The lowest BCUT2D eigenvalue weighted by Gasteiger charge is -2.19. The number of fused-ring (bicyclic) bond motifs is 1. The van der Waals surface area contributed by atoms with Gasteiger partial charge in [0.15, 0.2) is 11.5 Å². The fraction of sp³-hybridized carbons (Fsp3) is 0.222. The first kappa shape index (κ1) is 14.5. The average molecular weight is 296 g/mol. The Hall–Kier alpha value is -2.46. The fourth-order valence-corrected chi connectivity index (χ4v) is 2.99. The maximum Gasteiger partial charge on any atom is 0.164 e. The van der Waals surface area contributed by atoms with Gasteiger partial charge >= 0.3 is 0 Å². The molecule has 2 aromatic carbocycles. The summed E-state index contributed by atoms with van der Waals surface area (Å²) < 4.78 is 11.0. The Kier molecular flexibility index (Phi) is 4.02. The number of para-hydroxylation sites is 2. The van der Waals surface area contributed by atoms with Gasteiger partial charge in [-0.15, -0.1) is 0 Å². The van der Waals surface area contributed by atoms with Crippen LogP contribution in [-0.2, 0) is 0 Å². The number of ether oxygens (including phenoxy) is 2. The van der Waals surface area contributed by atoms with E-state index in [-0.39, 0.29) is 5.92 Å². The van der Waals surface area contributed by atoms with Crippen LogP contribution in [0.5, 0.6) is 11.5 Å². The minimum atomic E-state index is 0.0428. The fourth-order valence-electron chi connectivity index (χ4n) is 2.99. The predicted molar refractivity (Wildman–Crippen MR) is 88.7 cm³/mol. The summed E-state index contributed by atoms with van der Waals surface area (Å²) in [5.74, 6) is 1.50. The van der Waals surface area contributed by atoms with Gasteiger partial charge in [0.25, 0.3) is 0 Å².